The first kappa shape index (κ1) is 20.1. The van der Waals surface area contributed by atoms with Crippen molar-refractivity contribution in [1.82, 2.24) is 24.9 Å². The molecule has 2 unspecified atom stereocenters. The van der Waals surface area contributed by atoms with E-state index in [0.29, 0.717) is 17.8 Å². The Labute approximate surface area is 173 Å². The number of nitrogens with one attached hydrogen (secondary N) is 1. The van der Waals surface area contributed by atoms with Crippen molar-refractivity contribution in [2.45, 2.75) is 51.2 Å². The van der Waals surface area contributed by atoms with Gasteiger partial charge in [0.1, 0.15) is 5.69 Å². The van der Waals surface area contributed by atoms with Crippen LogP contribution in [0.5, 0.6) is 0 Å². The highest BCUT2D eigenvalue weighted by Gasteiger charge is 2.30. The summed E-state index contributed by atoms with van der Waals surface area (Å²) in [6.45, 7) is 7.67. The van der Waals surface area contributed by atoms with Crippen molar-refractivity contribution in [2.24, 2.45) is 0 Å². The van der Waals surface area contributed by atoms with Crippen LogP contribution in [0.4, 0.5) is 0 Å². The van der Waals surface area contributed by atoms with Crippen molar-refractivity contribution in [3.05, 3.63) is 53.9 Å². The quantitative estimate of drug-likeness (QED) is 0.817. The largest absolute Gasteiger partial charge is 0.334 e. The minimum absolute atomic E-state index is 0.0768. The van der Waals surface area contributed by atoms with Crippen molar-refractivity contribution < 1.29 is 4.79 Å². The number of hydrogen-bond acceptors (Lipinski definition) is 4. The summed E-state index contributed by atoms with van der Waals surface area (Å²) in [4.78, 5) is 17.7. The van der Waals surface area contributed by atoms with E-state index in [0.717, 1.165) is 65.0 Å². The molecule has 2 atom stereocenters. The molecule has 6 heteroatoms. The molecule has 4 rings (SSSR count). The number of rotatable bonds is 6. The van der Waals surface area contributed by atoms with Gasteiger partial charge in [0, 0.05) is 45.0 Å². The monoisotopic (exact) mass is 395 g/mol. The highest BCUT2D eigenvalue weighted by Crippen LogP contribution is 2.20. The molecule has 2 fully saturated rings. The predicted octanol–water partition coefficient (Wildman–Crippen LogP) is 2.93. The lowest BCUT2D eigenvalue weighted by Crippen LogP contribution is -2.54. The number of hydrogen-bond donors (Lipinski definition) is 1. The van der Waals surface area contributed by atoms with E-state index < -0.39 is 0 Å². The van der Waals surface area contributed by atoms with Gasteiger partial charge >= 0.3 is 0 Å². The number of benzene rings is 1. The summed E-state index contributed by atoms with van der Waals surface area (Å²) in [6.07, 6.45) is 6.50. The summed E-state index contributed by atoms with van der Waals surface area (Å²) < 4.78 is 1.98. The van der Waals surface area contributed by atoms with Crippen molar-refractivity contribution in [3.63, 3.8) is 0 Å². The second-order valence-electron chi connectivity index (χ2n) is 8.33. The van der Waals surface area contributed by atoms with Gasteiger partial charge in [0.25, 0.3) is 5.91 Å². The van der Waals surface area contributed by atoms with E-state index in [2.05, 4.69) is 52.6 Å². The van der Waals surface area contributed by atoms with Crippen LogP contribution in [0.25, 0.3) is 0 Å². The van der Waals surface area contributed by atoms with Crippen LogP contribution in [0, 0.1) is 0 Å². The molecule has 1 N–H and O–H groups in total. The van der Waals surface area contributed by atoms with Gasteiger partial charge in [0.05, 0.1) is 6.04 Å². The Morgan fingerprint density at radius 2 is 2.07 bits per heavy atom. The molecule has 6 nitrogen and oxygen atoms in total. The number of piperidine rings is 1. The van der Waals surface area contributed by atoms with Gasteiger partial charge in [-0.3, -0.25) is 14.4 Å². The normalized spacial score (nSPS) is 23.3. The van der Waals surface area contributed by atoms with Crippen LogP contribution in [-0.4, -0.2) is 64.3 Å². The van der Waals surface area contributed by atoms with Gasteiger partial charge in [-0.1, -0.05) is 43.7 Å². The Hall–Kier alpha value is -2.18. The Morgan fingerprint density at radius 1 is 1.21 bits per heavy atom. The number of carbonyl (C=O) groups is 1. The van der Waals surface area contributed by atoms with Gasteiger partial charge in [-0.05, 0) is 37.4 Å². The SMILES string of the molecule is CCCC1CN(C(=O)c2ccn(C3CCCNC3)n2)CCN1Cc1ccccc1. The lowest BCUT2D eigenvalue weighted by atomic mass is 10.0. The number of amides is 1. The highest BCUT2D eigenvalue weighted by atomic mass is 16.2. The van der Waals surface area contributed by atoms with Crippen LogP contribution in [-0.2, 0) is 6.54 Å². The second kappa shape index (κ2) is 9.55. The maximum Gasteiger partial charge on any atom is 0.274 e. The Balaban J connectivity index is 1.40. The second-order valence-corrected chi connectivity index (χ2v) is 8.33. The van der Waals surface area contributed by atoms with Crippen molar-refractivity contribution in [1.29, 1.82) is 0 Å². The predicted molar refractivity (Wildman–Crippen MR) is 115 cm³/mol. The van der Waals surface area contributed by atoms with Crippen LogP contribution in [0.15, 0.2) is 42.6 Å². The highest BCUT2D eigenvalue weighted by molar-refractivity contribution is 5.92. The van der Waals surface area contributed by atoms with E-state index in [1.54, 1.807) is 0 Å². The minimum Gasteiger partial charge on any atom is -0.334 e. The molecular formula is C23H33N5O. The van der Waals surface area contributed by atoms with Gasteiger partial charge in [0.15, 0.2) is 0 Å². The molecule has 2 aliphatic rings. The van der Waals surface area contributed by atoms with E-state index in [9.17, 15) is 4.79 Å². The summed E-state index contributed by atoms with van der Waals surface area (Å²) in [7, 11) is 0. The summed E-state index contributed by atoms with van der Waals surface area (Å²) in [5.41, 5.74) is 1.93. The molecule has 0 spiro atoms. The first-order chi connectivity index (χ1) is 14.2. The smallest absolute Gasteiger partial charge is 0.274 e. The molecule has 0 radical (unpaired) electrons. The third-order valence-electron chi connectivity index (χ3n) is 6.21. The molecule has 0 saturated carbocycles. The zero-order chi connectivity index (χ0) is 20.1. The molecule has 3 heterocycles. The lowest BCUT2D eigenvalue weighted by molar-refractivity contribution is 0.0432. The molecule has 1 aromatic carbocycles. The van der Waals surface area contributed by atoms with Crippen LogP contribution < -0.4 is 5.32 Å². The van der Waals surface area contributed by atoms with Gasteiger partial charge < -0.3 is 10.2 Å². The van der Waals surface area contributed by atoms with Crippen LogP contribution in [0.1, 0.15) is 54.7 Å². The molecular weight excluding hydrogens is 362 g/mol. The molecule has 2 aliphatic heterocycles. The first-order valence-corrected chi connectivity index (χ1v) is 11.1. The molecule has 29 heavy (non-hydrogen) atoms. The summed E-state index contributed by atoms with van der Waals surface area (Å²) in [5.74, 6) is 0.0768. The molecule has 0 bridgehead atoms. The average molecular weight is 396 g/mol. The van der Waals surface area contributed by atoms with Gasteiger partial charge in [-0.25, -0.2) is 0 Å². The van der Waals surface area contributed by atoms with Crippen LogP contribution in [0.3, 0.4) is 0 Å². The summed E-state index contributed by atoms with van der Waals surface area (Å²) in [6, 6.07) is 13.3. The number of aromatic nitrogens is 2. The lowest BCUT2D eigenvalue weighted by Gasteiger charge is -2.41. The number of carbonyl (C=O) groups excluding carboxylic acids is 1. The molecule has 2 saturated heterocycles. The van der Waals surface area contributed by atoms with E-state index in [1.807, 2.05) is 21.8 Å². The summed E-state index contributed by atoms with van der Waals surface area (Å²) >= 11 is 0. The summed E-state index contributed by atoms with van der Waals surface area (Å²) in [5, 5.41) is 8.06. The van der Waals surface area contributed by atoms with Crippen molar-refractivity contribution >= 4 is 5.91 Å². The number of piperazine rings is 1. The average Bonchev–Trinajstić information content (AvgIpc) is 3.26. The maximum atomic E-state index is 13.1. The fourth-order valence-electron chi connectivity index (χ4n) is 4.59. The van der Waals surface area contributed by atoms with Gasteiger partial charge in [-0.15, -0.1) is 0 Å². The van der Waals surface area contributed by atoms with Gasteiger partial charge in [0.2, 0.25) is 0 Å². The van der Waals surface area contributed by atoms with Gasteiger partial charge in [-0.2, -0.15) is 5.10 Å². The standard InChI is InChI=1S/C23H33N5O/c1-2-7-21-18-27(15-14-26(21)17-19-8-4-3-5-9-19)23(29)22-11-13-28(25-22)20-10-6-12-24-16-20/h3-5,8-9,11,13,20-21,24H,2,6-7,10,12,14-18H2,1H3. The topological polar surface area (TPSA) is 53.4 Å². The Kier molecular flexibility index (Phi) is 6.62. The molecule has 1 amide bonds. The molecule has 156 valence electrons. The van der Waals surface area contributed by atoms with Crippen LogP contribution >= 0.6 is 0 Å². The minimum atomic E-state index is 0.0768. The van der Waals surface area contributed by atoms with E-state index in [4.69, 9.17) is 0 Å². The van der Waals surface area contributed by atoms with Crippen molar-refractivity contribution in [2.75, 3.05) is 32.7 Å². The Bertz CT molecular complexity index is 784. The zero-order valence-corrected chi connectivity index (χ0v) is 17.5. The third-order valence-corrected chi connectivity index (χ3v) is 6.21. The van der Waals surface area contributed by atoms with Crippen molar-refractivity contribution in [3.8, 4) is 0 Å². The van der Waals surface area contributed by atoms with E-state index >= 15 is 0 Å². The Morgan fingerprint density at radius 3 is 2.83 bits per heavy atom. The molecule has 2 aromatic rings. The fourth-order valence-corrected chi connectivity index (χ4v) is 4.59. The van der Waals surface area contributed by atoms with E-state index in [1.165, 1.54) is 5.56 Å². The van der Waals surface area contributed by atoms with Crippen LogP contribution in [0.2, 0.25) is 0 Å². The fraction of sp³-hybridized carbons (Fsp3) is 0.565. The third kappa shape index (κ3) is 4.87. The zero-order valence-electron chi connectivity index (χ0n) is 17.5. The molecule has 1 aromatic heterocycles. The maximum absolute atomic E-state index is 13.1. The van der Waals surface area contributed by atoms with E-state index in [-0.39, 0.29) is 5.91 Å². The number of nitrogens with zero attached hydrogens (tertiary/aromatic N) is 4. The first-order valence-electron chi connectivity index (χ1n) is 11.1. The molecule has 0 aliphatic carbocycles.